The molecule has 0 radical (unpaired) electrons. The summed E-state index contributed by atoms with van der Waals surface area (Å²) in [5, 5.41) is 7.24. The number of nitrogens with zero attached hydrogens (tertiary/aromatic N) is 2. The second-order valence-electron chi connectivity index (χ2n) is 6.49. The molecule has 2 heterocycles. The Morgan fingerprint density at radius 3 is 3.13 bits per heavy atom. The lowest BCUT2D eigenvalue weighted by Crippen LogP contribution is -2.32. The number of hydrogen-bond acceptors (Lipinski definition) is 3. The van der Waals surface area contributed by atoms with E-state index in [0.29, 0.717) is 13.2 Å². The van der Waals surface area contributed by atoms with E-state index in [9.17, 15) is 4.79 Å². The fourth-order valence-corrected chi connectivity index (χ4v) is 3.79. The number of carbonyl (C=O) groups is 1. The first-order valence-corrected chi connectivity index (χ1v) is 8.18. The number of rotatable bonds is 4. The molecule has 1 aliphatic carbocycles. The number of aryl methyl sites for hydroxylation is 1. The monoisotopic (exact) mass is 311 g/mol. The van der Waals surface area contributed by atoms with Crippen molar-refractivity contribution in [1.29, 1.82) is 0 Å². The fraction of sp³-hybridized carbons (Fsp3) is 0.444. The van der Waals surface area contributed by atoms with Gasteiger partial charge in [-0.1, -0.05) is 18.2 Å². The lowest BCUT2D eigenvalue weighted by molar-refractivity contribution is -0.122. The van der Waals surface area contributed by atoms with Gasteiger partial charge >= 0.3 is 0 Å². The van der Waals surface area contributed by atoms with Gasteiger partial charge in [0.25, 0.3) is 0 Å². The van der Waals surface area contributed by atoms with Crippen LogP contribution in [0.25, 0.3) is 0 Å². The van der Waals surface area contributed by atoms with Crippen molar-refractivity contribution in [3.05, 3.63) is 47.8 Å². The van der Waals surface area contributed by atoms with Gasteiger partial charge in [0.15, 0.2) is 0 Å². The van der Waals surface area contributed by atoms with Crippen LogP contribution in [0.1, 0.15) is 24.1 Å². The van der Waals surface area contributed by atoms with Crippen LogP contribution in [-0.4, -0.2) is 28.8 Å². The smallest absolute Gasteiger partial charge is 0.224 e. The lowest BCUT2D eigenvalue weighted by atomic mass is 9.87. The van der Waals surface area contributed by atoms with E-state index in [1.54, 1.807) is 6.20 Å². The minimum atomic E-state index is 0.00541. The van der Waals surface area contributed by atoms with Crippen LogP contribution < -0.4 is 10.1 Å². The summed E-state index contributed by atoms with van der Waals surface area (Å²) in [6, 6.07) is 10.1. The van der Waals surface area contributed by atoms with Gasteiger partial charge in [0.2, 0.25) is 5.91 Å². The average Bonchev–Trinajstić information content (AvgIpc) is 3.14. The van der Waals surface area contributed by atoms with Gasteiger partial charge in [-0.3, -0.25) is 9.48 Å². The van der Waals surface area contributed by atoms with Crippen LogP contribution in [0.15, 0.2) is 36.5 Å². The van der Waals surface area contributed by atoms with Crippen molar-refractivity contribution in [1.82, 2.24) is 15.1 Å². The summed E-state index contributed by atoms with van der Waals surface area (Å²) < 4.78 is 7.58. The molecule has 1 fully saturated rings. The number of hydrogen-bond donors (Lipinski definition) is 1. The Morgan fingerprint density at radius 1 is 1.43 bits per heavy atom. The number of carbonyl (C=O) groups excluding carboxylic acids is 1. The first-order valence-electron chi connectivity index (χ1n) is 8.18. The van der Waals surface area contributed by atoms with Crippen LogP contribution in [0.5, 0.6) is 5.75 Å². The molecule has 2 aliphatic rings. The predicted octanol–water partition coefficient (Wildman–Crippen LogP) is 1.82. The molecule has 1 amide bonds. The number of fused-ring (bicyclic) bond motifs is 2. The molecule has 23 heavy (non-hydrogen) atoms. The van der Waals surface area contributed by atoms with Gasteiger partial charge in [-0.05, 0) is 25.0 Å². The van der Waals surface area contributed by atoms with Crippen molar-refractivity contribution in [2.24, 2.45) is 13.0 Å². The van der Waals surface area contributed by atoms with Crippen molar-refractivity contribution in [2.75, 3.05) is 13.2 Å². The standard InChI is InChI=1S/C18H21N3O2/c1-21-13(7-10-20-21)6-9-19-17(22)15-12-18(15)8-11-23-16-5-3-2-4-14(16)18/h2-5,7,10,15H,6,8-9,11-12H2,1H3,(H,19,22)/t15-,18+/m1/s1. The van der Waals surface area contributed by atoms with Crippen LogP contribution in [-0.2, 0) is 23.7 Å². The molecule has 0 bridgehead atoms. The van der Waals surface area contributed by atoms with Gasteiger partial charge in [-0.25, -0.2) is 0 Å². The van der Waals surface area contributed by atoms with Crippen LogP contribution >= 0.6 is 0 Å². The van der Waals surface area contributed by atoms with E-state index in [-0.39, 0.29) is 17.2 Å². The maximum absolute atomic E-state index is 12.5. The lowest BCUT2D eigenvalue weighted by Gasteiger charge is -2.26. The van der Waals surface area contributed by atoms with Crippen LogP contribution in [0, 0.1) is 5.92 Å². The molecule has 5 nitrogen and oxygen atoms in total. The molecule has 1 aromatic carbocycles. The molecular formula is C18H21N3O2. The summed E-state index contributed by atoms with van der Waals surface area (Å²) in [6.07, 6.45) is 4.46. The second kappa shape index (κ2) is 5.41. The summed E-state index contributed by atoms with van der Waals surface area (Å²) in [6.45, 7) is 1.36. The number of nitrogens with one attached hydrogen (secondary N) is 1. The third-order valence-electron chi connectivity index (χ3n) is 5.22. The zero-order valence-electron chi connectivity index (χ0n) is 13.3. The van der Waals surface area contributed by atoms with Gasteiger partial charge < -0.3 is 10.1 Å². The molecule has 1 saturated carbocycles. The van der Waals surface area contributed by atoms with Crippen molar-refractivity contribution < 1.29 is 9.53 Å². The number of aromatic nitrogens is 2. The molecular weight excluding hydrogens is 290 g/mol. The highest BCUT2D eigenvalue weighted by Gasteiger charge is 2.60. The van der Waals surface area contributed by atoms with Crippen molar-refractivity contribution in [2.45, 2.75) is 24.7 Å². The van der Waals surface area contributed by atoms with Crippen LogP contribution in [0.3, 0.4) is 0 Å². The zero-order chi connectivity index (χ0) is 15.9. The average molecular weight is 311 g/mol. The van der Waals surface area contributed by atoms with Crippen LogP contribution in [0.2, 0.25) is 0 Å². The molecule has 4 rings (SSSR count). The second-order valence-corrected chi connectivity index (χ2v) is 6.49. The third kappa shape index (κ3) is 2.40. The highest BCUT2D eigenvalue weighted by molar-refractivity contribution is 5.84. The first kappa shape index (κ1) is 14.3. The summed E-state index contributed by atoms with van der Waals surface area (Å²) in [5.41, 5.74) is 2.34. The van der Waals surface area contributed by atoms with Gasteiger partial charge in [0.1, 0.15) is 5.75 Å². The van der Waals surface area contributed by atoms with E-state index in [1.165, 1.54) is 5.56 Å². The van der Waals surface area contributed by atoms with E-state index < -0.39 is 0 Å². The Morgan fingerprint density at radius 2 is 2.30 bits per heavy atom. The summed E-state index contributed by atoms with van der Waals surface area (Å²) in [7, 11) is 1.92. The Bertz CT molecular complexity index is 739. The summed E-state index contributed by atoms with van der Waals surface area (Å²) >= 11 is 0. The minimum absolute atomic E-state index is 0.00541. The zero-order valence-corrected chi connectivity index (χ0v) is 13.3. The third-order valence-corrected chi connectivity index (χ3v) is 5.22. The minimum Gasteiger partial charge on any atom is -0.493 e. The summed E-state index contributed by atoms with van der Waals surface area (Å²) in [4.78, 5) is 12.5. The van der Waals surface area contributed by atoms with E-state index in [2.05, 4.69) is 16.5 Å². The topological polar surface area (TPSA) is 56.2 Å². The van der Waals surface area contributed by atoms with E-state index in [4.69, 9.17) is 4.74 Å². The van der Waals surface area contributed by atoms with Crippen molar-refractivity contribution in [3.8, 4) is 5.75 Å². The first-order chi connectivity index (χ1) is 11.2. The molecule has 0 saturated heterocycles. The maximum Gasteiger partial charge on any atom is 0.224 e. The summed E-state index contributed by atoms with van der Waals surface area (Å²) in [5.74, 6) is 1.20. The molecule has 2 atom stereocenters. The number of ether oxygens (including phenoxy) is 1. The Labute approximate surface area is 135 Å². The van der Waals surface area contributed by atoms with E-state index in [0.717, 1.165) is 30.7 Å². The highest BCUT2D eigenvalue weighted by Crippen LogP contribution is 2.60. The van der Waals surface area contributed by atoms with Gasteiger partial charge in [0, 0.05) is 48.8 Å². The van der Waals surface area contributed by atoms with E-state index >= 15 is 0 Å². The van der Waals surface area contributed by atoms with E-state index in [1.807, 2.05) is 36.0 Å². The number of amides is 1. The molecule has 1 N–H and O–H groups in total. The van der Waals surface area contributed by atoms with Gasteiger partial charge in [-0.2, -0.15) is 5.10 Å². The molecule has 1 aromatic heterocycles. The molecule has 0 unspecified atom stereocenters. The number of para-hydroxylation sites is 1. The number of benzene rings is 1. The Kier molecular flexibility index (Phi) is 3.36. The normalized spacial score (nSPS) is 24.8. The molecule has 1 spiro atoms. The maximum atomic E-state index is 12.5. The largest absolute Gasteiger partial charge is 0.493 e. The Hall–Kier alpha value is -2.30. The Balaban J connectivity index is 1.39. The van der Waals surface area contributed by atoms with Crippen molar-refractivity contribution in [3.63, 3.8) is 0 Å². The van der Waals surface area contributed by atoms with Crippen LogP contribution in [0.4, 0.5) is 0 Å². The van der Waals surface area contributed by atoms with Crippen molar-refractivity contribution >= 4 is 5.91 Å². The SMILES string of the molecule is Cn1nccc1CCNC(=O)[C@H]1C[C@]12CCOc1ccccc12. The quantitative estimate of drug-likeness (QED) is 0.937. The molecule has 120 valence electrons. The highest BCUT2D eigenvalue weighted by atomic mass is 16.5. The molecule has 1 aliphatic heterocycles. The molecule has 2 aromatic rings. The predicted molar refractivity (Wildman–Crippen MR) is 86.3 cm³/mol. The fourth-order valence-electron chi connectivity index (χ4n) is 3.79. The van der Waals surface area contributed by atoms with Gasteiger partial charge in [0.05, 0.1) is 6.61 Å². The molecule has 5 heteroatoms. The van der Waals surface area contributed by atoms with Gasteiger partial charge in [-0.15, -0.1) is 0 Å².